The number of amides is 1. The molecule has 5 heteroatoms. The van der Waals surface area contributed by atoms with Gasteiger partial charge in [0.05, 0.1) is 24.2 Å². The zero-order valence-corrected chi connectivity index (χ0v) is 16.5. The molecule has 5 nitrogen and oxygen atoms in total. The Hall–Kier alpha value is -1.43. The fraction of sp³-hybridized carbons (Fsp3) is 0.682. The van der Waals surface area contributed by atoms with E-state index >= 15 is 0 Å². The molecular formula is C22H32N2O3. The highest BCUT2D eigenvalue weighted by molar-refractivity contribution is 5.77. The third kappa shape index (κ3) is 4.36. The topological polar surface area (TPSA) is 53.0 Å². The Morgan fingerprint density at radius 1 is 1.11 bits per heavy atom. The van der Waals surface area contributed by atoms with E-state index in [9.17, 15) is 9.90 Å². The van der Waals surface area contributed by atoms with Crippen LogP contribution in [-0.2, 0) is 16.1 Å². The molecular weight excluding hydrogens is 340 g/mol. The third-order valence-electron chi connectivity index (χ3n) is 6.65. The van der Waals surface area contributed by atoms with Gasteiger partial charge in [0.15, 0.2) is 0 Å². The molecule has 148 valence electrons. The molecule has 1 amide bonds. The molecule has 0 radical (unpaired) electrons. The first-order chi connectivity index (χ1) is 13.0. The van der Waals surface area contributed by atoms with Crippen LogP contribution in [0.15, 0.2) is 24.3 Å². The summed E-state index contributed by atoms with van der Waals surface area (Å²) in [6, 6.07) is 8.77. The molecule has 1 saturated carbocycles. The maximum absolute atomic E-state index is 12.5. The Kier molecular flexibility index (Phi) is 5.28. The van der Waals surface area contributed by atoms with Gasteiger partial charge in [-0.1, -0.05) is 29.8 Å². The first-order valence-corrected chi connectivity index (χ1v) is 10.4. The van der Waals surface area contributed by atoms with Gasteiger partial charge in [0.25, 0.3) is 0 Å². The molecule has 3 aliphatic rings. The Labute approximate surface area is 162 Å². The largest absolute Gasteiger partial charge is 0.389 e. The molecule has 0 bridgehead atoms. The van der Waals surface area contributed by atoms with Gasteiger partial charge in [0, 0.05) is 32.7 Å². The fourth-order valence-corrected chi connectivity index (χ4v) is 4.63. The van der Waals surface area contributed by atoms with Crippen LogP contribution in [0.2, 0.25) is 0 Å². The summed E-state index contributed by atoms with van der Waals surface area (Å²) in [4.78, 5) is 16.9. The number of nitrogens with zero attached hydrogens (tertiary/aromatic N) is 2. The number of piperidine rings is 1. The van der Waals surface area contributed by atoms with Crippen molar-refractivity contribution in [1.29, 1.82) is 0 Å². The summed E-state index contributed by atoms with van der Waals surface area (Å²) in [7, 11) is 0. The molecule has 0 aromatic heterocycles. The normalized spacial score (nSPS) is 24.6. The van der Waals surface area contributed by atoms with Crippen molar-refractivity contribution in [1.82, 2.24) is 9.80 Å². The van der Waals surface area contributed by atoms with E-state index in [1.54, 1.807) is 0 Å². The van der Waals surface area contributed by atoms with E-state index < -0.39 is 5.60 Å². The van der Waals surface area contributed by atoms with Crippen molar-refractivity contribution in [3.05, 3.63) is 35.4 Å². The highest BCUT2D eigenvalue weighted by Gasteiger charge is 2.42. The maximum Gasteiger partial charge on any atom is 0.225 e. The first kappa shape index (κ1) is 18.9. The Balaban J connectivity index is 1.30. The number of aliphatic hydroxyl groups is 1. The SMILES string of the molecule is Cc1ccc(CN2CCOC3(CCN(C(=O)CC4(O)CCC4)CC3)C2)cc1. The lowest BCUT2D eigenvalue weighted by atomic mass is 9.77. The summed E-state index contributed by atoms with van der Waals surface area (Å²) < 4.78 is 6.23. The van der Waals surface area contributed by atoms with Gasteiger partial charge >= 0.3 is 0 Å². The van der Waals surface area contributed by atoms with Crippen molar-refractivity contribution in [2.45, 2.75) is 63.2 Å². The van der Waals surface area contributed by atoms with Crippen LogP contribution in [0.25, 0.3) is 0 Å². The number of ether oxygens (including phenoxy) is 1. The minimum absolute atomic E-state index is 0.111. The van der Waals surface area contributed by atoms with Crippen molar-refractivity contribution in [3.8, 4) is 0 Å². The number of rotatable bonds is 4. The van der Waals surface area contributed by atoms with E-state index in [-0.39, 0.29) is 11.5 Å². The number of morpholine rings is 1. The number of aryl methyl sites for hydroxylation is 1. The number of likely N-dealkylation sites (tertiary alicyclic amines) is 1. The molecule has 2 aliphatic heterocycles. The summed E-state index contributed by atoms with van der Waals surface area (Å²) in [6.07, 6.45) is 4.66. The molecule has 4 rings (SSSR count). The average Bonchev–Trinajstić information content (AvgIpc) is 2.63. The van der Waals surface area contributed by atoms with Crippen LogP contribution in [0.1, 0.15) is 49.7 Å². The Morgan fingerprint density at radius 2 is 1.81 bits per heavy atom. The fourth-order valence-electron chi connectivity index (χ4n) is 4.63. The first-order valence-electron chi connectivity index (χ1n) is 10.4. The molecule has 3 fully saturated rings. The zero-order valence-electron chi connectivity index (χ0n) is 16.5. The van der Waals surface area contributed by atoms with Crippen LogP contribution < -0.4 is 0 Å². The molecule has 1 aromatic carbocycles. The molecule has 27 heavy (non-hydrogen) atoms. The van der Waals surface area contributed by atoms with Crippen molar-refractivity contribution < 1.29 is 14.6 Å². The van der Waals surface area contributed by atoms with Gasteiger partial charge < -0.3 is 14.7 Å². The van der Waals surface area contributed by atoms with Crippen LogP contribution in [0, 0.1) is 6.92 Å². The summed E-state index contributed by atoms with van der Waals surface area (Å²) in [5.41, 5.74) is 1.80. The average molecular weight is 373 g/mol. The van der Waals surface area contributed by atoms with Gasteiger partial charge in [-0.05, 0) is 44.6 Å². The zero-order chi connectivity index (χ0) is 18.9. The standard InChI is InChI=1S/C22H32N2O3/c1-18-3-5-19(6-4-18)16-23-13-14-27-22(17-23)9-11-24(12-10-22)20(25)15-21(26)7-2-8-21/h3-6,26H,2,7-17H2,1H3. The summed E-state index contributed by atoms with van der Waals surface area (Å²) in [5.74, 6) is 0.111. The molecule has 2 heterocycles. The number of hydrogen-bond donors (Lipinski definition) is 1. The number of carbonyl (C=O) groups is 1. The van der Waals surface area contributed by atoms with Crippen LogP contribution in [0.5, 0.6) is 0 Å². The van der Waals surface area contributed by atoms with E-state index in [1.165, 1.54) is 11.1 Å². The van der Waals surface area contributed by atoms with Crippen molar-refractivity contribution >= 4 is 5.91 Å². The van der Waals surface area contributed by atoms with Crippen molar-refractivity contribution in [2.24, 2.45) is 0 Å². The highest BCUT2D eigenvalue weighted by atomic mass is 16.5. The van der Waals surface area contributed by atoms with Gasteiger partial charge in [-0.25, -0.2) is 0 Å². The van der Waals surface area contributed by atoms with Crippen LogP contribution in [-0.4, -0.2) is 64.8 Å². The Morgan fingerprint density at radius 3 is 2.44 bits per heavy atom. The molecule has 1 N–H and O–H groups in total. The van der Waals surface area contributed by atoms with E-state index in [0.717, 1.165) is 71.4 Å². The maximum atomic E-state index is 12.5. The van der Waals surface area contributed by atoms with Gasteiger partial charge in [-0.3, -0.25) is 9.69 Å². The third-order valence-corrected chi connectivity index (χ3v) is 6.65. The smallest absolute Gasteiger partial charge is 0.225 e. The highest BCUT2D eigenvalue weighted by Crippen LogP contribution is 2.36. The number of carbonyl (C=O) groups excluding carboxylic acids is 1. The monoisotopic (exact) mass is 372 g/mol. The Bertz CT molecular complexity index is 661. The second kappa shape index (κ2) is 7.53. The van der Waals surface area contributed by atoms with Crippen molar-refractivity contribution in [3.63, 3.8) is 0 Å². The molecule has 2 saturated heterocycles. The quantitative estimate of drug-likeness (QED) is 0.882. The van der Waals surface area contributed by atoms with E-state index in [4.69, 9.17) is 4.74 Å². The van der Waals surface area contributed by atoms with Gasteiger partial charge in [0.2, 0.25) is 5.91 Å². The van der Waals surface area contributed by atoms with Crippen molar-refractivity contribution in [2.75, 3.05) is 32.8 Å². The van der Waals surface area contributed by atoms with Gasteiger partial charge in [-0.15, -0.1) is 0 Å². The lowest BCUT2D eigenvalue weighted by molar-refractivity contribution is -0.156. The minimum atomic E-state index is -0.724. The minimum Gasteiger partial charge on any atom is -0.389 e. The van der Waals surface area contributed by atoms with E-state index in [1.807, 2.05) is 4.90 Å². The lowest BCUT2D eigenvalue weighted by Crippen LogP contribution is -2.57. The number of benzene rings is 1. The second-order valence-corrected chi connectivity index (χ2v) is 8.86. The van der Waals surface area contributed by atoms with Crippen LogP contribution in [0.3, 0.4) is 0 Å². The lowest BCUT2D eigenvalue weighted by Gasteiger charge is -2.48. The van der Waals surface area contributed by atoms with E-state index in [2.05, 4.69) is 36.1 Å². The number of hydrogen-bond acceptors (Lipinski definition) is 4. The molecule has 0 unspecified atom stereocenters. The van der Waals surface area contributed by atoms with Gasteiger partial charge in [-0.2, -0.15) is 0 Å². The summed E-state index contributed by atoms with van der Waals surface area (Å²) in [6.45, 7) is 7.23. The molecule has 0 atom stereocenters. The van der Waals surface area contributed by atoms with Gasteiger partial charge in [0.1, 0.15) is 0 Å². The summed E-state index contributed by atoms with van der Waals surface area (Å²) in [5, 5.41) is 10.3. The predicted molar refractivity (Wildman–Crippen MR) is 104 cm³/mol. The molecule has 1 aliphatic carbocycles. The second-order valence-electron chi connectivity index (χ2n) is 8.86. The summed E-state index contributed by atoms with van der Waals surface area (Å²) >= 11 is 0. The van der Waals surface area contributed by atoms with Crippen LogP contribution >= 0.6 is 0 Å². The predicted octanol–water partition coefficient (Wildman–Crippen LogP) is 2.49. The van der Waals surface area contributed by atoms with Crippen LogP contribution in [0.4, 0.5) is 0 Å². The molecule has 1 aromatic rings. The van der Waals surface area contributed by atoms with E-state index in [0.29, 0.717) is 6.42 Å². The molecule has 1 spiro atoms.